The van der Waals surface area contributed by atoms with Crippen molar-refractivity contribution >= 4 is 11.7 Å². The van der Waals surface area contributed by atoms with Crippen molar-refractivity contribution in [3.8, 4) is 11.5 Å². The normalized spacial score (nSPS) is 10.6. The van der Waals surface area contributed by atoms with E-state index in [1.807, 2.05) is 0 Å². The number of nitrogens with one attached hydrogen (secondary N) is 1. The van der Waals surface area contributed by atoms with E-state index in [1.165, 1.54) is 36.4 Å². The number of benzene rings is 3. The Balaban J connectivity index is 1.41. The van der Waals surface area contributed by atoms with Crippen molar-refractivity contribution in [3.63, 3.8) is 0 Å². The number of rotatable bonds is 10. The first-order valence-electron chi connectivity index (χ1n) is 9.74. The molecule has 0 atom stereocenters. The third kappa shape index (κ3) is 6.87. The third-order valence-corrected chi connectivity index (χ3v) is 4.48. The number of hydrogen-bond donors (Lipinski definition) is 1. The summed E-state index contributed by atoms with van der Waals surface area (Å²) in [4.78, 5) is 24.3. The van der Waals surface area contributed by atoms with E-state index in [0.29, 0.717) is 29.8 Å². The molecule has 5 nitrogen and oxygen atoms in total. The van der Waals surface area contributed by atoms with Crippen molar-refractivity contribution in [3.05, 3.63) is 95.3 Å². The molecule has 0 aliphatic carbocycles. The number of halogens is 3. The summed E-state index contributed by atoms with van der Waals surface area (Å²) >= 11 is 0. The van der Waals surface area contributed by atoms with Crippen LogP contribution in [-0.2, 0) is 11.2 Å². The molecule has 0 saturated carbocycles. The van der Waals surface area contributed by atoms with E-state index >= 15 is 0 Å². The molecule has 0 radical (unpaired) electrons. The fraction of sp³-hybridized carbons (Fsp3) is 0.167. The minimum atomic E-state index is -2.87. The Labute approximate surface area is 182 Å². The first kappa shape index (κ1) is 22.9. The Hall–Kier alpha value is -3.81. The van der Waals surface area contributed by atoms with Crippen LogP contribution in [0.25, 0.3) is 0 Å². The number of hydrogen-bond acceptors (Lipinski definition) is 4. The van der Waals surface area contributed by atoms with Gasteiger partial charge in [-0.3, -0.25) is 9.59 Å². The Morgan fingerprint density at radius 3 is 1.97 bits per heavy atom. The van der Waals surface area contributed by atoms with Gasteiger partial charge in [0.15, 0.2) is 12.4 Å². The third-order valence-electron chi connectivity index (χ3n) is 4.48. The molecule has 3 aromatic rings. The molecule has 3 rings (SSSR count). The molecule has 0 saturated heterocycles. The predicted octanol–water partition coefficient (Wildman–Crippen LogP) is 4.40. The summed E-state index contributed by atoms with van der Waals surface area (Å²) in [6.07, 6.45) is 0.515. The second-order valence-electron chi connectivity index (χ2n) is 6.77. The first-order valence-corrected chi connectivity index (χ1v) is 9.74. The summed E-state index contributed by atoms with van der Waals surface area (Å²) in [6.45, 7) is -2.72. The molecule has 8 heteroatoms. The van der Waals surface area contributed by atoms with Crippen LogP contribution < -0.4 is 14.8 Å². The second kappa shape index (κ2) is 11.0. The van der Waals surface area contributed by atoms with Crippen LogP contribution >= 0.6 is 0 Å². The minimum Gasteiger partial charge on any atom is -0.484 e. The summed E-state index contributed by atoms with van der Waals surface area (Å²) in [7, 11) is 0. The zero-order valence-electron chi connectivity index (χ0n) is 16.9. The van der Waals surface area contributed by atoms with Crippen LogP contribution in [0.5, 0.6) is 11.5 Å². The quantitative estimate of drug-likeness (QED) is 0.472. The number of amides is 1. The molecule has 0 aliphatic rings. The second-order valence-corrected chi connectivity index (χ2v) is 6.77. The zero-order valence-corrected chi connectivity index (χ0v) is 16.9. The van der Waals surface area contributed by atoms with Gasteiger partial charge in [-0.05, 0) is 72.6 Å². The van der Waals surface area contributed by atoms with Crippen molar-refractivity contribution in [2.75, 3.05) is 13.2 Å². The van der Waals surface area contributed by atoms with Crippen molar-refractivity contribution < 1.29 is 32.2 Å². The fourth-order valence-electron chi connectivity index (χ4n) is 2.85. The number of carbonyl (C=O) groups is 2. The lowest BCUT2D eigenvalue weighted by atomic mass is 10.0. The smallest absolute Gasteiger partial charge is 0.387 e. The number of alkyl halides is 2. The maximum Gasteiger partial charge on any atom is 0.387 e. The number of carbonyl (C=O) groups excluding carboxylic acids is 2. The molecule has 166 valence electrons. The summed E-state index contributed by atoms with van der Waals surface area (Å²) < 4.78 is 47.0. The summed E-state index contributed by atoms with van der Waals surface area (Å²) in [5.74, 6) is -0.491. The van der Waals surface area contributed by atoms with Crippen molar-refractivity contribution in [1.29, 1.82) is 0 Å². The topological polar surface area (TPSA) is 64.6 Å². The highest BCUT2D eigenvalue weighted by Gasteiger charge is 2.10. The number of ether oxygens (including phenoxy) is 2. The van der Waals surface area contributed by atoms with Crippen LogP contribution in [0, 0.1) is 5.82 Å². The van der Waals surface area contributed by atoms with Gasteiger partial charge < -0.3 is 14.8 Å². The van der Waals surface area contributed by atoms with Crippen LogP contribution in [0.3, 0.4) is 0 Å². The van der Waals surface area contributed by atoms with E-state index < -0.39 is 12.4 Å². The highest BCUT2D eigenvalue weighted by molar-refractivity contribution is 6.09. The van der Waals surface area contributed by atoms with Crippen LogP contribution in [0.4, 0.5) is 13.2 Å². The maximum atomic E-state index is 13.0. The van der Waals surface area contributed by atoms with Gasteiger partial charge in [0.1, 0.15) is 17.3 Å². The van der Waals surface area contributed by atoms with Crippen LogP contribution in [-0.4, -0.2) is 31.5 Å². The van der Waals surface area contributed by atoms with E-state index in [0.717, 1.165) is 5.56 Å². The lowest BCUT2D eigenvalue weighted by Crippen LogP contribution is -2.30. The molecule has 0 spiro atoms. The lowest BCUT2D eigenvalue weighted by molar-refractivity contribution is -0.123. The maximum absolute atomic E-state index is 13.0. The largest absolute Gasteiger partial charge is 0.484 e. The van der Waals surface area contributed by atoms with Gasteiger partial charge in [0.25, 0.3) is 5.91 Å². The molecule has 3 aromatic carbocycles. The molecular weight excluding hydrogens is 423 g/mol. The summed E-state index contributed by atoms with van der Waals surface area (Å²) in [6, 6.07) is 17.7. The van der Waals surface area contributed by atoms with Gasteiger partial charge >= 0.3 is 6.61 Å². The van der Waals surface area contributed by atoms with Crippen LogP contribution in [0.1, 0.15) is 21.5 Å². The van der Waals surface area contributed by atoms with Gasteiger partial charge in [0.05, 0.1) is 0 Å². The van der Waals surface area contributed by atoms with Gasteiger partial charge in [-0.15, -0.1) is 0 Å². The molecule has 0 bridgehead atoms. The van der Waals surface area contributed by atoms with Crippen molar-refractivity contribution in [2.45, 2.75) is 13.0 Å². The van der Waals surface area contributed by atoms with Crippen LogP contribution in [0.2, 0.25) is 0 Å². The minimum absolute atomic E-state index is 0.0755. The van der Waals surface area contributed by atoms with E-state index in [4.69, 9.17) is 4.74 Å². The fourth-order valence-corrected chi connectivity index (χ4v) is 2.85. The highest BCUT2D eigenvalue weighted by atomic mass is 19.3. The average Bonchev–Trinajstić information content (AvgIpc) is 2.79. The summed E-state index contributed by atoms with van der Waals surface area (Å²) in [5.41, 5.74) is 1.64. The van der Waals surface area contributed by atoms with Gasteiger partial charge in [0, 0.05) is 17.7 Å². The zero-order chi connectivity index (χ0) is 22.9. The molecular formula is C24H20F3NO4. The molecule has 0 unspecified atom stereocenters. The summed E-state index contributed by atoms with van der Waals surface area (Å²) in [5, 5.41) is 2.70. The standard InChI is InChI=1S/C24H20F3NO4/c25-19-7-3-17(4-8-19)23(30)18-5-11-20(12-6-18)31-15-22(29)28-14-13-16-1-9-21(10-2-16)32-24(26)27/h1-12,24H,13-15H2,(H,28,29). The molecule has 1 N–H and O–H groups in total. The Morgan fingerprint density at radius 2 is 1.38 bits per heavy atom. The van der Waals surface area contributed by atoms with Gasteiger partial charge in [-0.1, -0.05) is 12.1 Å². The molecule has 32 heavy (non-hydrogen) atoms. The Kier molecular flexibility index (Phi) is 7.85. The van der Waals surface area contributed by atoms with Gasteiger partial charge in [0.2, 0.25) is 0 Å². The SMILES string of the molecule is O=C(COc1ccc(C(=O)c2ccc(F)cc2)cc1)NCCc1ccc(OC(F)F)cc1. The van der Waals surface area contributed by atoms with Gasteiger partial charge in [-0.2, -0.15) is 8.78 Å². The average molecular weight is 443 g/mol. The first-order chi connectivity index (χ1) is 15.4. The molecule has 0 heterocycles. The molecule has 0 aliphatic heterocycles. The molecule has 0 aromatic heterocycles. The number of ketones is 1. The van der Waals surface area contributed by atoms with E-state index in [-0.39, 0.29) is 24.0 Å². The van der Waals surface area contributed by atoms with Crippen molar-refractivity contribution in [2.24, 2.45) is 0 Å². The van der Waals surface area contributed by atoms with Crippen LogP contribution in [0.15, 0.2) is 72.8 Å². The molecule has 1 amide bonds. The highest BCUT2D eigenvalue weighted by Crippen LogP contribution is 2.17. The molecule has 0 fully saturated rings. The van der Waals surface area contributed by atoms with E-state index in [1.54, 1.807) is 36.4 Å². The van der Waals surface area contributed by atoms with E-state index in [9.17, 15) is 22.8 Å². The predicted molar refractivity (Wildman–Crippen MR) is 112 cm³/mol. The van der Waals surface area contributed by atoms with E-state index in [2.05, 4.69) is 10.1 Å². The van der Waals surface area contributed by atoms with Gasteiger partial charge in [-0.25, -0.2) is 4.39 Å². The lowest BCUT2D eigenvalue weighted by Gasteiger charge is -2.09. The Morgan fingerprint density at radius 1 is 0.812 bits per heavy atom. The Bertz CT molecular complexity index is 1040. The van der Waals surface area contributed by atoms with Crippen molar-refractivity contribution in [1.82, 2.24) is 5.32 Å². The monoisotopic (exact) mass is 443 g/mol.